The zero-order valence-electron chi connectivity index (χ0n) is 18.4. The Balaban J connectivity index is 1.60. The molecule has 1 atom stereocenters. The second kappa shape index (κ2) is 9.91. The highest BCUT2D eigenvalue weighted by atomic mass is 16.5. The van der Waals surface area contributed by atoms with E-state index in [-0.39, 0.29) is 11.9 Å². The molecule has 168 valence electrons. The van der Waals surface area contributed by atoms with Crippen molar-refractivity contribution in [2.24, 2.45) is 0 Å². The van der Waals surface area contributed by atoms with E-state index in [9.17, 15) is 9.59 Å². The lowest BCUT2D eigenvalue weighted by atomic mass is 9.94. The highest BCUT2D eigenvalue weighted by Crippen LogP contribution is 2.35. The SMILES string of the molecule is COc1cc([C@@H]2NC(=O)NC(C)=C2C(=O)Nc2ccccc2)ccc1OCc1ccccc1. The molecule has 0 bridgehead atoms. The van der Waals surface area contributed by atoms with Gasteiger partial charge in [-0.15, -0.1) is 0 Å². The third kappa shape index (κ3) is 5.15. The van der Waals surface area contributed by atoms with Gasteiger partial charge < -0.3 is 25.4 Å². The first-order valence-corrected chi connectivity index (χ1v) is 10.5. The highest BCUT2D eigenvalue weighted by Gasteiger charge is 2.31. The van der Waals surface area contributed by atoms with Gasteiger partial charge in [0.15, 0.2) is 11.5 Å². The quantitative estimate of drug-likeness (QED) is 0.500. The molecule has 33 heavy (non-hydrogen) atoms. The molecular weight excluding hydrogens is 418 g/mol. The normalized spacial score (nSPS) is 15.3. The minimum Gasteiger partial charge on any atom is -0.493 e. The first-order valence-electron chi connectivity index (χ1n) is 10.5. The fourth-order valence-electron chi connectivity index (χ4n) is 3.68. The van der Waals surface area contributed by atoms with Crippen molar-refractivity contribution in [1.29, 1.82) is 0 Å². The number of anilines is 1. The van der Waals surface area contributed by atoms with Gasteiger partial charge in [0.25, 0.3) is 5.91 Å². The van der Waals surface area contributed by atoms with Crippen molar-refractivity contribution in [3.63, 3.8) is 0 Å². The Morgan fingerprint density at radius 2 is 1.67 bits per heavy atom. The average Bonchev–Trinajstić information content (AvgIpc) is 2.83. The van der Waals surface area contributed by atoms with Gasteiger partial charge in [-0.2, -0.15) is 0 Å². The summed E-state index contributed by atoms with van der Waals surface area (Å²) in [7, 11) is 1.56. The van der Waals surface area contributed by atoms with E-state index in [0.717, 1.165) is 5.56 Å². The Bertz CT molecular complexity index is 1180. The van der Waals surface area contributed by atoms with Crippen molar-refractivity contribution in [3.05, 3.63) is 101 Å². The number of methoxy groups -OCH3 is 1. The van der Waals surface area contributed by atoms with Gasteiger partial charge in [-0.25, -0.2) is 4.79 Å². The highest BCUT2D eigenvalue weighted by molar-refractivity contribution is 6.06. The van der Waals surface area contributed by atoms with Crippen molar-refractivity contribution in [2.45, 2.75) is 19.6 Å². The van der Waals surface area contributed by atoms with Crippen molar-refractivity contribution >= 4 is 17.6 Å². The maximum absolute atomic E-state index is 13.1. The number of para-hydroxylation sites is 1. The fraction of sp³-hybridized carbons (Fsp3) is 0.154. The van der Waals surface area contributed by atoms with Gasteiger partial charge in [-0.1, -0.05) is 54.6 Å². The second-order valence-electron chi connectivity index (χ2n) is 7.57. The minimum absolute atomic E-state index is 0.306. The van der Waals surface area contributed by atoms with E-state index in [2.05, 4.69) is 16.0 Å². The van der Waals surface area contributed by atoms with Crippen molar-refractivity contribution < 1.29 is 19.1 Å². The molecule has 0 aromatic heterocycles. The van der Waals surface area contributed by atoms with Crippen molar-refractivity contribution in [2.75, 3.05) is 12.4 Å². The van der Waals surface area contributed by atoms with Crippen LogP contribution in [0, 0.1) is 0 Å². The van der Waals surface area contributed by atoms with E-state index in [0.29, 0.717) is 40.6 Å². The van der Waals surface area contributed by atoms with Gasteiger partial charge >= 0.3 is 6.03 Å². The first kappa shape index (κ1) is 22.0. The Hall–Kier alpha value is -4.26. The number of allylic oxidation sites excluding steroid dienone is 1. The molecule has 0 unspecified atom stereocenters. The van der Waals surface area contributed by atoms with Crippen LogP contribution in [0.2, 0.25) is 0 Å². The number of carbonyl (C=O) groups is 2. The molecule has 1 heterocycles. The molecule has 7 nitrogen and oxygen atoms in total. The number of amides is 3. The average molecular weight is 444 g/mol. The zero-order valence-corrected chi connectivity index (χ0v) is 18.4. The number of carbonyl (C=O) groups excluding carboxylic acids is 2. The molecule has 4 rings (SSSR count). The number of urea groups is 1. The van der Waals surface area contributed by atoms with E-state index in [1.54, 1.807) is 38.3 Å². The van der Waals surface area contributed by atoms with Gasteiger partial charge in [0.1, 0.15) is 6.61 Å². The molecule has 7 heteroatoms. The summed E-state index contributed by atoms with van der Waals surface area (Å²) < 4.78 is 11.5. The zero-order chi connectivity index (χ0) is 23.2. The fourth-order valence-corrected chi connectivity index (χ4v) is 3.68. The molecule has 0 saturated carbocycles. The lowest BCUT2D eigenvalue weighted by molar-refractivity contribution is -0.113. The maximum atomic E-state index is 13.1. The molecule has 0 aliphatic carbocycles. The van der Waals surface area contributed by atoms with Crippen LogP contribution < -0.4 is 25.4 Å². The number of benzene rings is 3. The van der Waals surface area contributed by atoms with E-state index in [1.165, 1.54) is 0 Å². The monoisotopic (exact) mass is 443 g/mol. The van der Waals surface area contributed by atoms with E-state index >= 15 is 0 Å². The number of nitrogens with one attached hydrogen (secondary N) is 3. The van der Waals surface area contributed by atoms with Crippen LogP contribution in [-0.4, -0.2) is 19.0 Å². The number of hydrogen-bond acceptors (Lipinski definition) is 4. The third-order valence-electron chi connectivity index (χ3n) is 5.30. The summed E-state index contributed by atoms with van der Waals surface area (Å²) in [6.45, 7) is 2.10. The van der Waals surface area contributed by atoms with Crippen LogP contribution in [0.25, 0.3) is 0 Å². The Kier molecular flexibility index (Phi) is 6.59. The molecule has 0 fully saturated rings. The van der Waals surface area contributed by atoms with Gasteiger partial charge in [0.2, 0.25) is 0 Å². The number of rotatable bonds is 7. The predicted molar refractivity (Wildman–Crippen MR) is 126 cm³/mol. The van der Waals surface area contributed by atoms with Gasteiger partial charge in [0.05, 0.1) is 18.7 Å². The topological polar surface area (TPSA) is 88.7 Å². The van der Waals surface area contributed by atoms with Crippen LogP contribution in [-0.2, 0) is 11.4 Å². The molecule has 0 radical (unpaired) electrons. The summed E-state index contributed by atoms with van der Waals surface area (Å²) in [4.78, 5) is 25.4. The Labute approximate surface area is 192 Å². The van der Waals surface area contributed by atoms with Crippen LogP contribution >= 0.6 is 0 Å². The van der Waals surface area contributed by atoms with Crippen LogP contribution in [0.5, 0.6) is 11.5 Å². The van der Waals surface area contributed by atoms with E-state index in [4.69, 9.17) is 9.47 Å². The summed E-state index contributed by atoms with van der Waals surface area (Å²) in [6, 6.07) is 23.3. The lowest BCUT2D eigenvalue weighted by Gasteiger charge is -2.29. The summed E-state index contributed by atoms with van der Waals surface area (Å²) in [5.41, 5.74) is 3.30. The second-order valence-corrected chi connectivity index (χ2v) is 7.57. The molecule has 3 amide bonds. The maximum Gasteiger partial charge on any atom is 0.319 e. The predicted octanol–water partition coefficient (Wildman–Crippen LogP) is 4.54. The summed E-state index contributed by atoms with van der Waals surface area (Å²) >= 11 is 0. The molecule has 0 saturated heterocycles. The standard InChI is InChI=1S/C26H25N3O4/c1-17-23(25(30)28-20-11-7-4-8-12-20)24(29-26(31)27-17)19-13-14-21(22(15-19)32-2)33-16-18-9-5-3-6-10-18/h3-15,24H,16H2,1-2H3,(H,28,30)(H2,27,29,31)/t24-/m0/s1. The van der Waals surface area contributed by atoms with Gasteiger partial charge in [-0.3, -0.25) is 4.79 Å². The molecule has 3 aromatic carbocycles. The number of ether oxygens (including phenoxy) is 2. The smallest absolute Gasteiger partial charge is 0.319 e. The molecule has 1 aliphatic heterocycles. The summed E-state index contributed by atoms with van der Waals surface area (Å²) in [5, 5.41) is 8.42. The van der Waals surface area contributed by atoms with E-state index in [1.807, 2.05) is 54.6 Å². The molecular formula is C26H25N3O4. The van der Waals surface area contributed by atoms with Crippen LogP contribution in [0.3, 0.4) is 0 Å². The minimum atomic E-state index is -0.653. The largest absolute Gasteiger partial charge is 0.493 e. The van der Waals surface area contributed by atoms with Gasteiger partial charge in [-0.05, 0) is 42.3 Å². The van der Waals surface area contributed by atoms with E-state index < -0.39 is 6.04 Å². The van der Waals surface area contributed by atoms with Crippen molar-refractivity contribution in [3.8, 4) is 11.5 Å². The number of hydrogen-bond donors (Lipinski definition) is 3. The van der Waals surface area contributed by atoms with Gasteiger partial charge in [0, 0.05) is 11.4 Å². The summed E-state index contributed by atoms with van der Waals surface area (Å²) in [6.07, 6.45) is 0. The summed E-state index contributed by atoms with van der Waals surface area (Å²) in [5.74, 6) is 0.776. The van der Waals surface area contributed by atoms with Crippen molar-refractivity contribution in [1.82, 2.24) is 10.6 Å². The lowest BCUT2D eigenvalue weighted by Crippen LogP contribution is -2.45. The van der Waals surface area contributed by atoms with Crippen LogP contribution in [0.4, 0.5) is 10.5 Å². The Morgan fingerprint density at radius 1 is 0.970 bits per heavy atom. The molecule has 1 aliphatic rings. The van der Waals surface area contributed by atoms with Crippen LogP contribution in [0.1, 0.15) is 24.1 Å². The molecule has 3 N–H and O–H groups in total. The van der Waals surface area contributed by atoms with Crippen LogP contribution in [0.15, 0.2) is 90.1 Å². The molecule has 0 spiro atoms. The first-order chi connectivity index (χ1) is 16.0. The Morgan fingerprint density at radius 3 is 2.36 bits per heavy atom. The molecule has 3 aromatic rings. The third-order valence-corrected chi connectivity index (χ3v) is 5.30.